The molecule has 0 N–H and O–H groups in total. The molecule has 0 aromatic heterocycles. The molecule has 17 heavy (non-hydrogen) atoms. The maximum atomic E-state index is 11.9. The Balaban J connectivity index is 2.62. The molecule has 0 spiro atoms. The van der Waals surface area contributed by atoms with Crippen molar-refractivity contribution in [1.82, 2.24) is 0 Å². The highest BCUT2D eigenvalue weighted by Crippen LogP contribution is 2.32. The van der Waals surface area contributed by atoms with Crippen molar-refractivity contribution in [2.24, 2.45) is 11.8 Å². The monoisotopic (exact) mass is 242 g/mol. The van der Waals surface area contributed by atoms with E-state index in [1.54, 1.807) is 6.92 Å². The Hall–Kier alpha value is -1.06. The van der Waals surface area contributed by atoms with Crippen LogP contribution in [0.5, 0.6) is 0 Å². The van der Waals surface area contributed by atoms with Crippen molar-refractivity contribution in [3.63, 3.8) is 0 Å². The van der Waals surface area contributed by atoms with Crippen molar-refractivity contribution < 1.29 is 19.1 Å². The molecule has 0 aromatic carbocycles. The molecule has 0 aromatic rings. The third-order valence-electron chi connectivity index (χ3n) is 3.42. The first-order chi connectivity index (χ1) is 8.19. The van der Waals surface area contributed by atoms with Gasteiger partial charge in [0.2, 0.25) is 0 Å². The number of hydrogen-bond acceptors (Lipinski definition) is 4. The van der Waals surface area contributed by atoms with Crippen LogP contribution in [-0.2, 0) is 19.1 Å². The second-order valence-corrected chi connectivity index (χ2v) is 4.54. The van der Waals surface area contributed by atoms with Crippen molar-refractivity contribution in [2.75, 3.05) is 13.7 Å². The van der Waals surface area contributed by atoms with Crippen LogP contribution in [0.4, 0.5) is 0 Å². The van der Waals surface area contributed by atoms with Gasteiger partial charge in [0.1, 0.15) is 0 Å². The number of carbonyl (C=O) groups is 2. The van der Waals surface area contributed by atoms with Crippen molar-refractivity contribution in [2.45, 2.75) is 45.4 Å². The number of esters is 2. The molecule has 1 fully saturated rings. The first-order valence-electron chi connectivity index (χ1n) is 6.42. The molecule has 1 unspecified atom stereocenters. The van der Waals surface area contributed by atoms with Gasteiger partial charge in [0.05, 0.1) is 26.1 Å². The lowest BCUT2D eigenvalue weighted by molar-refractivity contribution is -0.156. The van der Waals surface area contributed by atoms with Crippen LogP contribution in [0.25, 0.3) is 0 Å². The van der Waals surface area contributed by atoms with E-state index < -0.39 is 0 Å². The van der Waals surface area contributed by atoms with Crippen molar-refractivity contribution in [3.8, 4) is 0 Å². The van der Waals surface area contributed by atoms with Gasteiger partial charge in [-0.05, 0) is 25.7 Å². The maximum Gasteiger partial charge on any atom is 0.309 e. The molecule has 0 aliphatic heterocycles. The molecule has 4 heteroatoms. The molecule has 4 nitrogen and oxygen atoms in total. The summed E-state index contributed by atoms with van der Waals surface area (Å²) in [6.45, 7) is 2.15. The fourth-order valence-corrected chi connectivity index (χ4v) is 2.49. The largest absolute Gasteiger partial charge is 0.469 e. The lowest BCUT2D eigenvalue weighted by Gasteiger charge is -2.28. The minimum absolute atomic E-state index is 0.153. The predicted molar refractivity (Wildman–Crippen MR) is 63.3 cm³/mol. The first-order valence-corrected chi connectivity index (χ1v) is 6.42. The van der Waals surface area contributed by atoms with Gasteiger partial charge >= 0.3 is 11.9 Å². The summed E-state index contributed by atoms with van der Waals surface area (Å²) in [5, 5.41) is 0. The van der Waals surface area contributed by atoms with Gasteiger partial charge in [0, 0.05) is 0 Å². The van der Waals surface area contributed by atoms with Gasteiger partial charge in [-0.15, -0.1) is 0 Å². The van der Waals surface area contributed by atoms with E-state index in [0.29, 0.717) is 6.61 Å². The van der Waals surface area contributed by atoms with Crippen molar-refractivity contribution >= 4 is 11.9 Å². The smallest absolute Gasteiger partial charge is 0.309 e. The maximum absolute atomic E-state index is 11.9. The Labute approximate surface area is 103 Å². The third-order valence-corrected chi connectivity index (χ3v) is 3.42. The fraction of sp³-hybridized carbons (Fsp3) is 0.846. The van der Waals surface area contributed by atoms with Gasteiger partial charge in [-0.2, -0.15) is 0 Å². The highest BCUT2D eigenvalue weighted by Gasteiger charge is 2.32. The summed E-state index contributed by atoms with van der Waals surface area (Å²) >= 11 is 0. The fourth-order valence-electron chi connectivity index (χ4n) is 2.49. The highest BCUT2D eigenvalue weighted by molar-refractivity contribution is 5.80. The van der Waals surface area contributed by atoms with Crippen LogP contribution in [0.2, 0.25) is 0 Å². The third kappa shape index (κ3) is 4.36. The topological polar surface area (TPSA) is 52.6 Å². The summed E-state index contributed by atoms with van der Waals surface area (Å²) < 4.78 is 9.71. The Morgan fingerprint density at radius 3 is 2.41 bits per heavy atom. The molecule has 1 rings (SSSR count). The molecule has 1 saturated carbocycles. The molecule has 0 saturated heterocycles. The Morgan fingerprint density at radius 2 is 1.88 bits per heavy atom. The van der Waals surface area contributed by atoms with Crippen LogP contribution >= 0.6 is 0 Å². The Morgan fingerprint density at radius 1 is 1.24 bits per heavy atom. The lowest BCUT2D eigenvalue weighted by Crippen LogP contribution is -2.30. The van der Waals surface area contributed by atoms with E-state index in [9.17, 15) is 9.59 Å². The van der Waals surface area contributed by atoms with E-state index in [0.717, 1.165) is 25.7 Å². The van der Waals surface area contributed by atoms with E-state index in [1.165, 1.54) is 13.5 Å². The zero-order chi connectivity index (χ0) is 12.7. The SMILES string of the molecule is CCOC(=O)C(CC(=O)OC)C1CCCCC1. The summed E-state index contributed by atoms with van der Waals surface area (Å²) in [6, 6.07) is 0. The van der Waals surface area contributed by atoms with E-state index in [4.69, 9.17) is 4.74 Å². The van der Waals surface area contributed by atoms with Crippen LogP contribution < -0.4 is 0 Å². The second-order valence-electron chi connectivity index (χ2n) is 4.54. The van der Waals surface area contributed by atoms with Crippen molar-refractivity contribution in [1.29, 1.82) is 0 Å². The zero-order valence-electron chi connectivity index (χ0n) is 10.7. The molecule has 98 valence electrons. The summed E-state index contributed by atoms with van der Waals surface area (Å²) in [5.74, 6) is -0.608. The number of rotatable bonds is 5. The van der Waals surface area contributed by atoms with Crippen molar-refractivity contribution in [3.05, 3.63) is 0 Å². The molecule has 0 heterocycles. The van der Waals surface area contributed by atoms with Gasteiger partial charge in [-0.25, -0.2) is 0 Å². The molecule has 1 aliphatic rings. The van der Waals surface area contributed by atoms with Gasteiger partial charge < -0.3 is 9.47 Å². The van der Waals surface area contributed by atoms with Gasteiger partial charge in [0.15, 0.2) is 0 Å². The zero-order valence-corrected chi connectivity index (χ0v) is 10.7. The van der Waals surface area contributed by atoms with E-state index in [2.05, 4.69) is 4.74 Å². The van der Waals surface area contributed by atoms with Crippen LogP contribution in [0, 0.1) is 11.8 Å². The molecule has 1 aliphatic carbocycles. The van der Waals surface area contributed by atoms with Crippen LogP contribution in [-0.4, -0.2) is 25.7 Å². The normalized spacial score (nSPS) is 18.5. The molecule has 1 atom stereocenters. The minimum atomic E-state index is -0.325. The van der Waals surface area contributed by atoms with E-state index in [1.807, 2.05) is 0 Å². The van der Waals surface area contributed by atoms with Gasteiger partial charge in [-0.3, -0.25) is 9.59 Å². The molecular weight excluding hydrogens is 220 g/mol. The van der Waals surface area contributed by atoms with E-state index in [-0.39, 0.29) is 30.2 Å². The summed E-state index contributed by atoms with van der Waals surface area (Å²) in [7, 11) is 1.35. The average molecular weight is 242 g/mol. The molecule has 0 bridgehead atoms. The number of hydrogen-bond donors (Lipinski definition) is 0. The summed E-state index contributed by atoms with van der Waals surface area (Å²) in [6.07, 6.45) is 5.69. The first kappa shape index (κ1) is 14.0. The number of carbonyl (C=O) groups excluding carboxylic acids is 2. The number of ether oxygens (including phenoxy) is 2. The lowest BCUT2D eigenvalue weighted by atomic mass is 9.78. The highest BCUT2D eigenvalue weighted by atomic mass is 16.5. The quantitative estimate of drug-likeness (QED) is 0.694. The van der Waals surface area contributed by atoms with Gasteiger partial charge in [-0.1, -0.05) is 19.3 Å². The predicted octanol–water partition coefficient (Wildman–Crippen LogP) is 2.31. The van der Waals surface area contributed by atoms with Crippen LogP contribution in [0.15, 0.2) is 0 Å². The average Bonchev–Trinajstić information content (AvgIpc) is 2.36. The summed E-state index contributed by atoms with van der Waals surface area (Å²) in [5.41, 5.74) is 0. The minimum Gasteiger partial charge on any atom is -0.469 e. The van der Waals surface area contributed by atoms with Gasteiger partial charge in [0.25, 0.3) is 0 Å². The van der Waals surface area contributed by atoms with Crippen LogP contribution in [0.1, 0.15) is 45.4 Å². The second kappa shape index (κ2) is 7.30. The molecule has 0 amide bonds. The van der Waals surface area contributed by atoms with E-state index >= 15 is 0 Å². The Kier molecular flexibility index (Phi) is 6.01. The summed E-state index contributed by atoms with van der Waals surface area (Å²) in [4.78, 5) is 23.2. The van der Waals surface area contributed by atoms with Crippen LogP contribution in [0.3, 0.4) is 0 Å². The molecule has 0 radical (unpaired) electrons. The standard InChI is InChI=1S/C13H22O4/c1-3-17-13(15)11(9-12(14)16-2)10-7-5-4-6-8-10/h10-11H,3-9H2,1-2H3. The molecular formula is C13H22O4. The number of methoxy groups -OCH3 is 1. The Bertz CT molecular complexity index is 256.